The minimum atomic E-state index is -0.934. The first kappa shape index (κ1) is 16.1. The normalized spacial score (nSPS) is 11.2. The Morgan fingerprint density at radius 1 is 1.23 bits per heavy atom. The van der Waals surface area contributed by atoms with Gasteiger partial charge in [0, 0.05) is 53.5 Å². The zero-order chi connectivity index (χ0) is 18.3. The molecule has 0 spiro atoms. The van der Waals surface area contributed by atoms with E-state index in [9.17, 15) is 9.90 Å². The van der Waals surface area contributed by atoms with Gasteiger partial charge < -0.3 is 15.0 Å². The Balaban J connectivity index is 1.90. The Hall–Kier alpha value is -3.41. The summed E-state index contributed by atoms with van der Waals surface area (Å²) in [4.78, 5) is 20.3. The van der Waals surface area contributed by atoms with Gasteiger partial charge in [-0.05, 0) is 37.3 Å². The molecule has 0 aliphatic heterocycles. The Morgan fingerprint density at radius 2 is 2.08 bits per heavy atom. The molecule has 130 valence electrons. The van der Waals surface area contributed by atoms with Gasteiger partial charge in [-0.1, -0.05) is 6.07 Å². The molecule has 6 heteroatoms. The average Bonchev–Trinajstić information content (AvgIpc) is 2.98. The van der Waals surface area contributed by atoms with Crippen LogP contribution >= 0.6 is 0 Å². The molecule has 26 heavy (non-hydrogen) atoms. The van der Waals surface area contributed by atoms with Crippen molar-refractivity contribution >= 4 is 33.5 Å². The highest BCUT2D eigenvalue weighted by Crippen LogP contribution is 2.30. The quantitative estimate of drug-likeness (QED) is 0.585. The van der Waals surface area contributed by atoms with Crippen LogP contribution in [-0.4, -0.2) is 32.2 Å². The number of carbonyl (C=O) groups is 1. The summed E-state index contributed by atoms with van der Waals surface area (Å²) in [5.41, 5.74) is 4.78. The van der Waals surface area contributed by atoms with Crippen molar-refractivity contribution in [3.05, 3.63) is 54.5 Å². The van der Waals surface area contributed by atoms with Gasteiger partial charge in [0.05, 0.1) is 11.2 Å². The molecule has 2 N–H and O–H groups in total. The second-order valence-electron chi connectivity index (χ2n) is 6.15. The van der Waals surface area contributed by atoms with Crippen LogP contribution in [0.25, 0.3) is 33.1 Å². The van der Waals surface area contributed by atoms with Crippen LogP contribution in [-0.2, 0) is 7.05 Å². The molecule has 3 aromatic heterocycles. The number of carboxylic acid groups (broad SMARTS) is 1. The average molecular weight is 346 g/mol. The van der Waals surface area contributed by atoms with Crippen molar-refractivity contribution in [2.45, 2.75) is 6.92 Å². The Labute approximate surface area is 150 Å². The highest BCUT2D eigenvalue weighted by Gasteiger charge is 2.13. The van der Waals surface area contributed by atoms with Gasteiger partial charge in [-0.3, -0.25) is 4.98 Å². The lowest BCUT2D eigenvalue weighted by Gasteiger charge is -2.10. The summed E-state index contributed by atoms with van der Waals surface area (Å²) in [6.45, 7) is 2.85. The number of benzene rings is 1. The summed E-state index contributed by atoms with van der Waals surface area (Å²) in [5, 5.41) is 14.5. The summed E-state index contributed by atoms with van der Waals surface area (Å²) < 4.78 is 1.69. The van der Waals surface area contributed by atoms with Gasteiger partial charge in [-0.25, -0.2) is 9.78 Å². The van der Waals surface area contributed by atoms with Crippen molar-refractivity contribution in [2.24, 2.45) is 7.05 Å². The number of hydrogen-bond donors (Lipinski definition) is 2. The van der Waals surface area contributed by atoms with Crippen LogP contribution in [0.15, 0.2) is 48.8 Å². The maximum Gasteiger partial charge on any atom is 0.352 e. The molecule has 0 unspecified atom stereocenters. The van der Waals surface area contributed by atoms with Crippen molar-refractivity contribution in [3.8, 4) is 11.3 Å². The predicted molar refractivity (Wildman–Crippen MR) is 103 cm³/mol. The molecule has 0 saturated heterocycles. The van der Waals surface area contributed by atoms with Crippen LogP contribution in [0.4, 0.5) is 5.69 Å². The van der Waals surface area contributed by atoms with Gasteiger partial charge in [-0.15, -0.1) is 0 Å². The smallest absolute Gasteiger partial charge is 0.352 e. The number of pyridine rings is 2. The van der Waals surface area contributed by atoms with Crippen LogP contribution in [0.1, 0.15) is 17.4 Å². The zero-order valence-electron chi connectivity index (χ0n) is 14.5. The lowest BCUT2D eigenvalue weighted by molar-refractivity contribution is 0.0687. The first-order chi connectivity index (χ1) is 12.6. The summed E-state index contributed by atoms with van der Waals surface area (Å²) in [6.07, 6.45) is 3.54. The van der Waals surface area contributed by atoms with E-state index in [2.05, 4.69) is 10.3 Å². The molecule has 0 saturated carbocycles. The number of fused-ring (bicyclic) bond motifs is 2. The molecule has 6 nitrogen and oxygen atoms in total. The Morgan fingerprint density at radius 3 is 2.85 bits per heavy atom. The number of hydrogen-bond acceptors (Lipinski definition) is 4. The molecule has 0 aliphatic rings. The van der Waals surface area contributed by atoms with Gasteiger partial charge >= 0.3 is 5.97 Å². The number of nitrogens with one attached hydrogen (secondary N) is 1. The summed E-state index contributed by atoms with van der Waals surface area (Å²) in [5.74, 6) is -0.934. The van der Waals surface area contributed by atoms with Crippen molar-refractivity contribution in [1.82, 2.24) is 14.5 Å². The molecule has 4 aromatic rings. The SMILES string of the molecule is CCNc1cc(-c2ccc3c(c2)cc(C(=O)O)n3C)nc2ccncc12. The second kappa shape index (κ2) is 6.15. The number of anilines is 1. The third kappa shape index (κ3) is 2.56. The number of aromatic carboxylic acids is 1. The fourth-order valence-corrected chi connectivity index (χ4v) is 3.27. The molecule has 0 fully saturated rings. The molecule has 3 heterocycles. The third-order valence-corrected chi connectivity index (χ3v) is 4.53. The molecule has 4 rings (SSSR count). The van der Waals surface area contributed by atoms with Gasteiger partial charge in [0.15, 0.2) is 0 Å². The molecule has 1 aromatic carbocycles. The maximum atomic E-state index is 11.4. The molecule has 0 radical (unpaired) electrons. The summed E-state index contributed by atoms with van der Waals surface area (Å²) in [6, 6.07) is 11.5. The highest BCUT2D eigenvalue weighted by atomic mass is 16.4. The van der Waals surface area contributed by atoms with E-state index < -0.39 is 5.97 Å². The van der Waals surface area contributed by atoms with Gasteiger partial charge in [0.1, 0.15) is 5.69 Å². The zero-order valence-corrected chi connectivity index (χ0v) is 14.5. The van der Waals surface area contributed by atoms with Crippen molar-refractivity contribution in [3.63, 3.8) is 0 Å². The first-order valence-electron chi connectivity index (χ1n) is 8.40. The maximum absolute atomic E-state index is 11.4. The van der Waals surface area contributed by atoms with Crippen LogP contribution in [0.2, 0.25) is 0 Å². The number of aromatic nitrogens is 3. The van der Waals surface area contributed by atoms with E-state index in [4.69, 9.17) is 4.98 Å². The molecular weight excluding hydrogens is 328 g/mol. The van der Waals surface area contributed by atoms with E-state index in [1.165, 1.54) is 0 Å². The highest BCUT2D eigenvalue weighted by molar-refractivity contribution is 5.97. The van der Waals surface area contributed by atoms with E-state index in [0.29, 0.717) is 0 Å². The van der Waals surface area contributed by atoms with E-state index in [1.54, 1.807) is 23.9 Å². The fraction of sp³-hybridized carbons (Fsp3) is 0.150. The van der Waals surface area contributed by atoms with E-state index in [0.717, 1.165) is 45.3 Å². The minimum Gasteiger partial charge on any atom is -0.477 e. The van der Waals surface area contributed by atoms with Gasteiger partial charge in [-0.2, -0.15) is 0 Å². The summed E-state index contributed by atoms with van der Waals surface area (Å²) >= 11 is 0. The van der Waals surface area contributed by atoms with Crippen molar-refractivity contribution in [1.29, 1.82) is 0 Å². The van der Waals surface area contributed by atoms with E-state index in [-0.39, 0.29) is 5.69 Å². The monoisotopic (exact) mass is 346 g/mol. The van der Waals surface area contributed by atoms with Crippen LogP contribution in [0.5, 0.6) is 0 Å². The van der Waals surface area contributed by atoms with Crippen molar-refractivity contribution in [2.75, 3.05) is 11.9 Å². The lowest BCUT2D eigenvalue weighted by atomic mass is 10.1. The molecule has 0 aliphatic carbocycles. The summed E-state index contributed by atoms with van der Waals surface area (Å²) in [7, 11) is 1.76. The second-order valence-corrected chi connectivity index (χ2v) is 6.15. The van der Waals surface area contributed by atoms with Crippen LogP contribution in [0.3, 0.4) is 0 Å². The molecule has 0 atom stereocenters. The fourth-order valence-electron chi connectivity index (χ4n) is 3.27. The van der Waals surface area contributed by atoms with Crippen molar-refractivity contribution < 1.29 is 9.90 Å². The van der Waals surface area contributed by atoms with Gasteiger partial charge in [0.2, 0.25) is 0 Å². The Kier molecular flexibility index (Phi) is 3.80. The van der Waals surface area contributed by atoms with Gasteiger partial charge in [0.25, 0.3) is 0 Å². The van der Waals surface area contributed by atoms with E-state index in [1.807, 2.05) is 43.5 Å². The van der Waals surface area contributed by atoms with E-state index >= 15 is 0 Å². The molecule has 0 amide bonds. The number of rotatable bonds is 4. The molecular formula is C20H18N4O2. The standard InChI is InChI=1S/C20H18N4O2/c1-3-22-17-10-16(23-15-6-7-21-11-14(15)17)12-4-5-18-13(8-12)9-19(20(25)26)24(18)2/h4-11H,3H2,1-2H3,(H,22,23)(H,25,26). The minimum absolute atomic E-state index is 0.267. The topological polar surface area (TPSA) is 80.0 Å². The molecule has 0 bridgehead atoms. The van der Waals surface area contributed by atoms with Crippen LogP contribution < -0.4 is 5.32 Å². The first-order valence-corrected chi connectivity index (χ1v) is 8.40. The number of nitrogens with zero attached hydrogens (tertiary/aromatic N) is 3. The van der Waals surface area contributed by atoms with Crippen LogP contribution in [0, 0.1) is 0 Å². The third-order valence-electron chi connectivity index (χ3n) is 4.53. The lowest BCUT2D eigenvalue weighted by Crippen LogP contribution is -2.03. The number of aryl methyl sites for hydroxylation is 1. The number of carboxylic acids is 1. The Bertz CT molecular complexity index is 1150. The largest absolute Gasteiger partial charge is 0.477 e. The predicted octanol–water partition coefficient (Wildman–Crippen LogP) is 3.92.